The largest absolute Gasteiger partial charge is 0.338 e. The lowest BCUT2D eigenvalue weighted by atomic mass is 9.91. The van der Waals surface area contributed by atoms with Crippen LogP contribution in [-0.2, 0) is 11.3 Å². The average molecular weight is 289 g/mol. The van der Waals surface area contributed by atoms with Gasteiger partial charge in [-0.1, -0.05) is 30.3 Å². The average Bonchev–Trinajstić information content (AvgIpc) is 2.51. The number of amides is 1. The first-order valence-electron chi connectivity index (χ1n) is 7.97. The van der Waals surface area contributed by atoms with E-state index in [1.807, 2.05) is 23.1 Å². The van der Waals surface area contributed by atoms with Gasteiger partial charge in [0.2, 0.25) is 5.91 Å². The van der Waals surface area contributed by atoms with E-state index in [4.69, 9.17) is 5.73 Å². The van der Waals surface area contributed by atoms with E-state index in [1.165, 1.54) is 5.56 Å². The molecular formula is C17H27N3O. The molecule has 1 heterocycles. The van der Waals surface area contributed by atoms with Crippen molar-refractivity contribution in [3.8, 4) is 0 Å². The second-order valence-corrected chi connectivity index (χ2v) is 5.96. The zero-order valence-electron chi connectivity index (χ0n) is 12.9. The second-order valence-electron chi connectivity index (χ2n) is 5.96. The van der Waals surface area contributed by atoms with Crippen molar-refractivity contribution < 1.29 is 4.79 Å². The number of carbonyl (C=O) groups excluding carboxylic acids is 1. The van der Waals surface area contributed by atoms with Crippen LogP contribution in [0.25, 0.3) is 0 Å². The Labute approximate surface area is 127 Å². The predicted octanol–water partition coefficient (Wildman–Crippen LogP) is 1.75. The maximum Gasteiger partial charge on any atom is 0.226 e. The summed E-state index contributed by atoms with van der Waals surface area (Å²) in [7, 11) is 0. The zero-order chi connectivity index (χ0) is 15.1. The Kier molecular flexibility index (Phi) is 6.21. The first-order chi connectivity index (χ1) is 10.2. The lowest BCUT2D eigenvalue weighted by Crippen LogP contribution is -2.44. The molecule has 1 fully saturated rings. The first-order valence-corrected chi connectivity index (χ1v) is 7.97. The number of piperidine rings is 1. The maximum absolute atomic E-state index is 12.8. The van der Waals surface area contributed by atoms with Gasteiger partial charge in [-0.2, -0.15) is 0 Å². The molecule has 1 amide bonds. The second kappa shape index (κ2) is 8.15. The minimum atomic E-state index is 0.155. The molecule has 21 heavy (non-hydrogen) atoms. The highest BCUT2D eigenvalue weighted by molar-refractivity contribution is 5.79. The molecule has 1 aliphatic rings. The first kappa shape index (κ1) is 16.0. The lowest BCUT2D eigenvalue weighted by Gasteiger charge is -2.32. The summed E-state index contributed by atoms with van der Waals surface area (Å²) in [6, 6.07) is 10.6. The van der Waals surface area contributed by atoms with Crippen LogP contribution in [0.1, 0.15) is 31.7 Å². The van der Waals surface area contributed by atoms with Gasteiger partial charge < -0.3 is 16.0 Å². The van der Waals surface area contributed by atoms with Crippen molar-refractivity contribution in [3.05, 3.63) is 35.9 Å². The number of hydrogen-bond acceptors (Lipinski definition) is 3. The highest BCUT2D eigenvalue weighted by Crippen LogP contribution is 2.20. The van der Waals surface area contributed by atoms with Crippen LogP contribution in [0.4, 0.5) is 0 Å². The summed E-state index contributed by atoms with van der Waals surface area (Å²) in [5, 5.41) is 3.41. The molecule has 1 aliphatic heterocycles. The Morgan fingerprint density at radius 3 is 2.81 bits per heavy atom. The quantitative estimate of drug-likeness (QED) is 0.839. The lowest BCUT2D eigenvalue weighted by molar-refractivity contribution is -0.137. The fraction of sp³-hybridized carbons (Fsp3) is 0.588. The number of nitrogens with zero attached hydrogens (tertiary/aromatic N) is 1. The zero-order valence-corrected chi connectivity index (χ0v) is 12.9. The molecular weight excluding hydrogens is 262 g/mol. The number of nitrogens with one attached hydrogen (secondary N) is 1. The van der Waals surface area contributed by atoms with Gasteiger partial charge in [-0.25, -0.2) is 0 Å². The van der Waals surface area contributed by atoms with Gasteiger partial charge in [0.15, 0.2) is 0 Å². The van der Waals surface area contributed by atoms with Crippen LogP contribution in [0.2, 0.25) is 0 Å². The molecule has 1 aromatic carbocycles. The monoisotopic (exact) mass is 289 g/mol. The van der Waals surface area contributed by atoms with E-state index < -0.39 is 0 Å². The summed E-state index contributed by atoms with van der Waals surface area (Å²) in [4.78, 5) is 14.8. The Morgan fingerprint density at radius 1 is 1.38 bits per heavy atom. The number of rotatable bonds is 6. The van der Waals surface area contributed by atoms with Gasteiger partial charge >= 0.3 is 0 Å². The number of hydrogen-bond donors (Lipinski definition) is 2. The van der Waals surface area contributed by atoms with E-state index in [9.17, 15) is 4.79 Å². The fourth-order valence-electron chi connectivity index (χ4n) is 2.97. The molecule has 1 saturated heterocycles. The number of benzene rings is 1. The minimum Gasteiger partial charge on any atom is -0.338 e. The van der Waals surface area contributed by atoms with E-state index >= 15 is 0 Å². The molecule has 1 aromatic rings. The molecule has 0 aliphatic carbocycles. The molecule has 0 bridgehead atoms. The highest BCUT2D eigenvalue weighted by Gasteiger charge is 2.28. The van der Waals surface area contributed by atoms with Gasteiger partial charge in [-0.3, -0.25) is 4.79 Å². The molecule has 4 nitrogen and oxygen atoms in total. The number of carbonyl (C=O) groups is 1. The van der Waals surface area contributed by atoms with Gasteiger partial charge in [-0.15, -0.1) is 0 Å². The molecule has 0 radical (unpaired) electrons. The summed E-state index contributed by atoms with van der Waals surface area (Å²) in [6.07, 6.45) is 2.74. The Bertz CT molecular complexity index is 435. The van der Waals surface area contributed by atoms with Crippen molar-refractivity contribution >= 4 is 5.91 Å². The van der Waals surface area contributed by atoms with Crippen molar-refractivity contribution in [1.82, 2.24) is 10.2 Å². The molecule has 0 aromatic heterocycles. The topological polar surface area (TPSA) is 58.4 Å². The molecule has 2 atom stereocenters. The molecule has 116 valence electrons. The van der Waals surface area contributed by atoms with Gasteiger partial charge in [0, 0.05) is 25.0 Å². The summed E-state index contributed by atoms with van der Waals surface area (Å²) < 4.78 is 0. The Balaban J connectivity index is 2.02. The van der Waals surface area contributed by atoms with Crippen LogP contribution >= 0.6 is 0 Å². The molecule has 0 spiro atoms. The van der Waals surface area contributed by atoms with Crippen LogP contribution < -0.4 is 11.1 Å². The summed E-state index contributed by atoms with van der Waals surface area (Å²) in [5.41, 5.74) is 6.81. The van der Waals surface area contributed by atoms with Crippen LogP contribution in [0.3, 0.4) is 0 Å². The SMILES string of the molecule is C[C@H]1C[C@@H](C(=O)N(CCCN)Cc2ccccc2)CCN1. The van der Waals surface area contributed by atoms with Gasteiger partial charge in [0.05, 0.1) is 0 Å². The van der Waals surface area contributed by atoms with Crippen LogP contribution in [0, 0.1) is 5.92 Å². The summed E-state index contributed by atoms with van der Waals surface area (Å²) in [6.45, 7) is 5.16. The van der Waals surface area contributed by atoms with Gasteiger partial charge in [-0.05, 0) is 44.8 Å². The number of nitrogens with two attached hydrogens (primary N) is 1. The molecule has 3 N–H and O–H groups in total. The van der Waals surface area contributed by atoms with E-state index in [-0.39, 0.29) is 5.92 Å². The van der Waals surface area contributed by atoms with Crippen molar-refractivity contribution in [3.63, 3.8) is 0 Å². The molecule has 0 saturated carbocycles. The van der Waals surface area contributed by atoms with E-state index in [1.54, 1.807) is 0 Å². The van der Waals surface area contributed by atoms with Crippen LogP contribution in [0.15, 0.2) is 30.3 Å². The summed E-state index contributed by atoms with van der Waals surface area (Å²) in [5.74, 6) is 0.448. The molecule has 2 rings (SSSR count). The van der Waals surface area contributed by atoms with E-state index in [2.05, 4.69) is 24.4 Å². The van der Waals surface area contributed by atoms with E-state index in [0.29, 0.717) is 25.0 Å². The minimum absolute atomic E-state index is 0.155. The molecule has 4 heteroatoms. The fourth-order valence-corrected chi connectivity index (χ4v) is 2.97. The van der Waals surface area contributed by atoms with Crippen LogP contribution in [0.5, 0.6) is 0 Å². The van der Waals surface area contributed by atoms with Crippen molar-refractivity contribution in [2.75, 3.05) is 19.6 Å². The van der Waals surface area contributed by atoms with Gasteiger partial charge in [0.1, 0.15) is 0 Å². The predicted molar refractivity (Wildman–Crippen MR) is 85.7 cm³/mol. The van der Waals surface area contributed by atoms with Crippen molar-refractivity contribution in [1.29, 1.82) is 0 Å². The highest BCUT2D eigenvalue weighted by atomic mass is 16.2. The van der Waals surface area contributed by atoms with E-state index in [0.717, 1.165) is 32.4 Å². The Hall–Kier alpha value is -1.39. The van der Waals surface area contributed by atoms with Crippen molar-refractivity contribution in [2.45, 2.75) is 38.8 Å². The standard InChI is InChI=1S/C17H27N3O/c1-14-12-16(8-10-19-14)17(21)20(11-5-9-18)13-15-6-3-2-4-7-15/h2-4,6-7,14,16,19H,5,8-13,18H2,1H3/t14-,16-/m0/s1. The Morgan fingerprint density at radius 2 is 2.14 bits per heavy atom. The van der Waals surface area contributed by atoms with Crippen LogP contribution in [-0.4, -0.2) is 36.5 Å². The third-order valence-electron chi connectivity index (χ3n) is 4.13. The van der Waals surface area contributed by atoms with Crippen molar-refractivity contribution in [2.24, 2.45) is 11.7 Å². The van der Waals surface area contributed by atoms with Gasteiger partial charge in [0.25, 0.3) is 0 Å². The summed E-state index contributed by atoms with van der Waals surface area (Å²) >= 11 is 0. The maximum atomic E-state index is 12.8. The smallest absolute Gasteiger partial charge is 0.226 e. The normalized spacial score (nSPS) is 22.0. The third kappa shape index (κ3) is 4.83. The third-order valence-corrected chi connectivity index (χ3v) is 4.13. The molecule has 0 unspecified atom stereocenters.